The maximum absolute atomic E-state index is 11.8. The summed E-state index contributed by atoms with van der Waals surface area (Å²) in [7, 11) is 0. The van der Waals surface area contributed by atoms with Crippen molar-refractivity contribution in [1.82, 2.24) is 4.90 Å². The first-order valence-corrected chi connectivity index (χ1v) is 7.15. The molecule has 4 nitrogen and oxygen atoms in total. The summed E-state index contributed by atoms with van der Waals surface area (Å²) in [6.07, 6.45) is 8.04. The molecule has 0 aromatic heterocycles. The number of hydrogen-bond donors (Lipinski definition) is 1. The van der Waals surface area contributed by atoms with Crippen LogP contribution in [0.2, 0.25) is 0 Å². The van der Waals surface area contributed by atoms with Gasteiger partial charge in [-0.3, -0.25) is 14.5 Å². The number of carboxylic acid groups (broad SMARTS) is 1. The highest BCUT2D eigenvalue weighted by atomic mass is 16.4. The summed E-state index contributed by atoms with van der Waals surface area (Å²) in [6.45, 7) is 1.26. The second-order valence-electron chi connectivity index (χ2n) is 5.63. The first-order chi connectivity index (χ1) is 8.65. The molecule has 0 aromatic carbocycles. The molecule has 0 unspecified atom stereocenters. The van der Waals surface area contributed by atoms with E-state index in [1.165, 1.54) is 6.42 Å². The largest absolute Gasteiger partial charge is 0.480 e. The van der Waals surface area contributed by atoms with E-state index in [1.54, 1.807) is 0 Å². The molecular formula is C14H23NO3. The molecule has 1 aliphatic carbocycles. The Bertz CT molecular complexity index is 309. The number of piperidine rings is 1. The van der Waals surface area contributed by atoms with Gasteiger partial charge >= 0.3 is 5.97 Å². The van der Waals surface area contributed by atoms with Crippen LogP contribution in [0.5, 0.6) is 0 Å². The van der Waals surface area contributed by atoms with Crippen molar-refractivity contribution in [3.05, 3.63) is 0 Å². The average Bonchev–Trinajstić information content (AvgIpc) is 2.30. The van der Waals surface area contributed by atoms with Gasteiger partial charge in [0.25, 0.3) is 0 Å². The monoisotopic (exact) mass is 253 g/mol. The second kappa shape index (κ2) is 5.83. The number of nitrogens with zero attached hydrogens (tertiary/aromatic N) is 1. The van der Waals surface area contributed by atoms with Gasteiger partial charge in [-0.15, -0.1) is 0 Å². The lowest BCUT2D eigenvalue weighted by molar-refractivity contribution is -0.155. The fourth-order valence-electron chi connectivity index (χ4n) is 3.34. The van der Waals surface area contributed by atoms with Crippen LogP contribution in [0.3, 0.4) is 0 Å². The summed E-state index contributed by atoms with van der Waals surface area (Å²) in [5.41, 5.74) is -0.693. The first-order valence-electron chi connectivity index (χ1n) is 7.15. The molecule has 2 aliphatic rings. The fourth-order valence-corrected chi connectivity index (χ4v) is 3.34. The van der Waals surface area contributed by atoms with Crippen LogP contribution in [-0.2, 0) is 9.59 Å². The van der Waals surface area contributed by atoms with Crippen LogP contribution in [0.4, 0.5) is 0 Å². The van der Waals surface area contributed by atoms with Gasteiger partial charge in [0.1, 0.15) is 11.3 Å². The van der Waals surface area contributed by atoms with Crippen LogP contribution in [0, 0.1) is 0 Å². The Hall–Kier alpha value is -0.900. The third kappa shape index (κ3) is 2.74. The predicted molar refractivity (Wildman–Crippen MR) is 68.5 cm³/mol. The summed E-state index contributed by atoms with van der Waals surface area (Å²) in [5, 5.41) is 9.70. The van der Waals surface area contributed by atoms with E-state index < -0.39 is 11.5 Å². The molecule has 0 atom stereocenters. The van der Waals surface area contributed by atoms with Crippen LogP contribution in [-0.4, -0.2) is 40.4 Å². The Labute approximate surface area is 108 Å². The number of aliphatic carboxylic acids is 1. The van der Waals surface area contributed by atoms with Gasteiger partial charge in [0.2, 0.25) is 0 Å². The van der Waals surface area contributed by atoms with Crippen LogP contribution in [0.15, 0.2) is 0 Å². The first kappa shape index (κ1) is 13.5. The third-order valence-corrected chi connectivity index (χ3v) is 4.51. The van der Waals surface area contributed by atoms with Crippen LogP contribution >= 0.6 is 0 Å². The van der Waals surface area contributed by atoms with Crippen molar-refractivity contribution in [2.24, 2.45) is 0 Å². The van der Waals surface area contributed by atoms with Crippen molar-refractivity contribution < 1.29 is 14.7 Å². The van der Waals surface area contributed by atoms with E-state index in [-0.39, 0.29) is 5.78 Å². The molecule has 1 saturated heterocycles. The van der Waals surface area contributed by atoms with Gasteiger partial charge < -0.3 is 5.11 Å². The lowest BCUT2D eigenvalue weighted by Crippen LogP contribution is -2.57. The quantitative estimate of drug-likeness (QED) is 0.819. The topological polar surface area (TPSA) is 57.6 Å². The van der Waals surface area contributed by atoms with Gasteiger partial charge in [-0.2, -0.15) is 0 Å². The Balaban J connectivity index is 2.13. The molecule has 2 fully saturated rings. The zero-order valence-corrected chi connectivity index (χ0v) is 11.0. The second-order valence-corrected chi connectivity index (χ2v) is 5.63. The van der Waals surface area contributed by atoms with Crippen molar-refractivity contribution in [3.8, 4) is 0 Å². The number of rotatable bonds is 2. The van der Waals surface area contributed by atoms with E-state index in [1.807, 2.05) is 0 Å². The molecular weight excluding hydrogens is 230 g/mol. The summed E-state index contributed by atoms with van der Waals surface area (Å²) in [6, 6.07) is 0. The summed E-state index contributed by atoms with van der Waals surface area (Å²) in [5.74, 6) is -0.406. The molecule has 18 heavy (non-hydrogen) atoms. The van der Waals surface area contributed by atoms with E-state index in [4.69, 9.17) is 0 Å². The Kier molecular flexibility index (Phi) is 4.38. The maximum atomic E-state index is 11.8. The van der Waals surface area contributed by atoms with Crippen LogP contribution in [0.1, 0.15) is 57.8 Å². The Morgan fingerprint density at radius 3 is 2.00 bits per heavy atom. The number of ketones is 1. The van der Waals surface area contributed by atoms with Crippen molar-refractivity contribution in [1.29, 1.82) is 0 Å². The molecule has 0 radical (unpaired) electrons. The lowest BCUT2D eigenvalue weighted by atomic mass is 9.81. The average molecular weight is 253 g/mol. The normalized spacial score (nSPS) is 26.3. The zero-order valence-electron chi connectivity index (χ0n) is 11.0. The molecule has 1 aliphatic heterocycles. The summed E-state index contributed by atoms with van der Waals surface area (Å²) < 4.78 is 0. The number of likely N-dealkylation sites (tertiary alicyclic amines) is 1. The number of carbonyl (C=O) groups is 2. The molecule has 102 valence electrons. The van der Waals surface area contributed by atoms with Crippen molar-refractivity contribution in [2.75, 3.05) is 13.1 Å². The number of carbonyl (C=O) groups excluding carboxylic acids is 1. The van der Waals surface area contributed by atoms with Crippen LogP contribution < -0.4 is 0 Å². The van der Waals surface area contributed by atoms with E-state index in [9.17, 15) is 14.7 Å². The molecule has 2 rings (SSSR count). The fraction of sp³-hybridized carbons (Fsp3) is 0.857. The molecule has 0 amide bonds. The van der Waals surface area contributed by atoms with E-state index in [0.29, 0.717) is 25.9 Å². The molecule has 1 heterocycles. The highest BCUT2D eigenvalue weighted by Gasteiger charge is 2.44. The molecule has 4 heteroatoms. The lowest BCUT2D eigenvalue weighted by Gasteiger charge is -2.43. The highest BCUT2D eigenvalue weighted by molar-refractivity contribution is 5.81. The van der Waals surface area contributed by atoms with Gasteiger partial charge in [0.15, 0.2) is 0 Å². The van der Waals surface area contributed by atoms with Gasteiger partial charge in [-0.25, -0.2) is 0 Å². The summed E-state index contributed by atoms with van der Waals surface area (Å²) >= 11 is 0. The van der Waals surface area contributed by atoms with Gasteiger partial charge in [-0.05, 0) is 12.8 Å². The van der Waals surface area contributed by atoms with Crippen molar-refractivity contribution >= 4 is 11.8 Å². The van der Waals surface area contributed by atoms with E-state index in [0.717, 1.165) is 38.5 Å². The number of hydrogen-bond acceptors (Lipinski definition) is 3. The molecule has 1 N–H and O–H groups in total. The predicted octanol–water partition coefficient (Wildman–Crippen LogP) is 2.22. The molecule has 0 spiro atoms. The SMILES string of the molecule is O=C1CCN(C2(C(=O)O)CCCCCCC2)CC1. The minimum atomic E-state index is -0.693. The van der Waals surface area contributed by atoms with E-state index in [2.05, 4.69) is 4.90 Å². The standard InChI is InChI=1S/C14H23NO3/c16-12-6-10-15(11-7-12)14(13(17)18)8-4-2-1-3-5-9-14/h1-11H2,(H,17,18). The van der Waals surface area contributed by atoms with E-state index >= 15 is 0 Å². The number of Topliss-reactive ketones (excluding diaryl/α,β-unsaturated/α-hetero) is 1. The highest BCUT2D eigenvalue weighted by Crippen LogP contribution is 2.33. The smallest absolute Gasteiger partial charge is 0.324 e. The Morgan fingerprint density at radius 1 is 1.00 bits per heavy atom. The minimum Gasteiger partial charge on any atom is -0.480 e. The summed E-state index contributed by atoms with van der Waals surface area (Å²) in [4.78, 5) is 25.2. The number of carboxylic acids is 1. The molecule has 0 bridgehead atoms. The Morgan fingerprint density at radius 2 is 1.50 bits per heavy atom. The maximum Gasteiger partial charge on any atom is 0.324 e. The van der Waals surface area contributed by atoms with Crippen molar-refractivity contribution in [3.63, 3.8) is 0 Å². The van der Waals surface area contributed by atoms with Gasteiger partial charge in [-0.1, -0.05) is 32.1 Å². The van der Waals surface area contributed by atoms with Crippen molar-refractivity contribution in [2.45, 2.75) is 63.3 Å². The van der Waals surface area contributed by atoms with Crippen LogP contribution in [0.25, 0.3) is 0 Å². The van der Waals surface area contributed by atoms with Gasteiger partial charge in [0.05, 0.1) is 0 Å². The minimum absolute atomic E-state index is 0.276. The van der Waals surface area contributed by atoms with Gasteiger partial charge in [0, 0.05) is 25.9 Å². The zero-order chi connectivity index (χ0) is 13.0. The third-order valence-electron chi connectivity index (χ3n) is 4.51. The molecule has 1 saturated carbocycles. The molecule has 0 aromatic rings.